The molecule has 0 aromatic heterocycles. The number of unbranched alkanes of at least 4 members (excludes halogenated alkanes) is 1. The molecule has 0 saturated carbocycles. The lowest BCUT2D eigenvalue weighted by Crippen LogP contribution is -2.47. The number of fused-ring (bicyclic) bond motifs is 1. The number of carbonyl (C=O) groups excluding carboxylic acids is 4. The van der Waals surface area contributed by atoms with E-state index in [2.05, 4.69) is 28.2 Å². The lowest BCUT2D eigenvalue weighted by Gasteiger charge is -2.42. The molecule has 4 aromatic rings. The Morgan fingerprint density at radius 3 is 2.36 bits per heavy atom. The Morgan fingerprint density at radius 2 is 1.66 bits per heavy atom. The average molecular weight is 823 g/mol. The number of amides is 4. The first-order valence-electron chi connectivity index (χ1n) is 17.7. The topological polar surface area (TPSA) is 122 Å². The summed E-state index contributed by atoms with van der Waals surface area (Å²) < 4.78 is 6.56. The molecule has 4 aromatic carbocycles. The first-order valence-corrected chi connectivity index (χ1v) is 19.2. The van der Waals surface area contributed by atoms with Crippen LogP contribution in [0.5, 0.6) is 0 Å². The average Bonchev–Trinajstić information content (AvgIpc) is 3.14. The molecule has 2 unspecified atom stereocenters. The summed E-state index contributed by atoms with van der Waals surface area (Å²) in [6.45, 7) is 3.93. The fraction of sp³-hybridized carbons (Fsp3) is 0.317. The molecule has 12 heteroatoms. The van der Waals surface area contributed by atoms with E-state index in [0.29, 0.717) is 59.3 Å². The molecule has 0 fully saturated rings. The maximum absolute atomic E-state index is 14.3. The summed E-state index contributed by atoms with van der Waals surface area (Å²) in [5.41, 5.74) is 9.37. The summed E-state index contributed by atoms with van der Waals surface area (Å²) in [5.74, 6) is -2.06. The van der Waals surface area contributed by atoms with E-state index in [0.717, 1.165) is 34.0 Å². The number of nitrogens with zero attached hydrogens (tertiary/aromatic N) is 2. The van der Waals surface area contributed by atoms with Crippen molar-refractivity contribution in [2.24, 2.45) is 5.73 Å². The van der Waals surface area contributed by atoms with Crippen LogP contribution in [0.3, 0.4) is 0 Å². The highest BCUT2D eigenvalue weighted by Gasteiger charge is 2.44. The van der Waals surface area contributed by atoms with Crippen LogP contribution < -0.4 is 11.1 Å². The Bertz CT molecular complexity index is 1910. The highest BCUT2D eigenvalue weighted by molar-refractivity contribution is 9.10. The molecule has 0 bridgehead atoms. The number of hydrogen-bond acceptors (Lipinski definition) is 5. The largest absolute Gasteiger partial charge is 0.381 e. The molecule has 0 saturated heterocycles. The highest BCUT2D eigenvalue weighted by Crippen LogP contribution is 2.44. The van der Waals surface area contributed by atoms with Crippen molar-refractivity contribution in [1.29, 1.82) is 0 Å². The van der Waals surface area contributed by atoms with E-state index in [9.17, 15) is 19.2 Å². The number of halogens is 3. The van der Waals surface area contributed by atoms with Gasteiger partial charge in [0.25, 0.3) is 11.8 Å². The van der Waals surface area contributed by atoms with Crippen molar-refractivity contribution in [3.63, 3.8) is 0 Å². The monoisotopic (exact) mass is 820 g/mol. The fourth-order valence-electron chi connectivity index (χ4n) is 6.48. The zero-order chi connectivity index (χ0) is 37.9. The smallest absolute Gasteiger partial charge is 0.255 e. The quantitative estimate of drug-likeness (QED) is 0.106. The van der Waals surface area contributed by atoms with Crippen LogP contribution in [0.4, 0.5) is 0 Å². The molecular formula is C41H43BrCl2N4O5. The van der Waals surface area contributed by atoms with Crippen LogP contribution in [0.1, 0.15) is 81.1 Å². The lowest BCUT2D eigenvalue weighted by molar-refractivity contribution is -0.124. The van der Waals surface area contributed by atoms with Crippen LogP contribution in [0, 0.1) is 0 Å². The van der Waals surface area contributed by atoms with E-state index in [-0.39, 0.29) is 37.4 Å². The number of nitrogens with two attached hydrogens (primary N) is 1. The van der Waals surface area contributed by atoms with Crippen LogP contribution >= 0.6 is 39.1 Å². The van der Waals surface area contributed by atoms with Gasteiger partial charge in [-0.1, -0.05) is 101 Å². The molecule has 1 aliphatic rings. The number of carbonyl (C=O) groups is 4. The minimum Gasteiger partial charge on any atom is -0.381 e. The van der Waals surface area contributed by atoms with Crippen LogP contribution in [0.25, 0.3) is 0 Å². The molecule has 53 heavy (non-hydrogen) atoms. The molecule has 0 aliphatic carbocycles. The SMILES string of the molecule is CCCCOCCCNC(=O)C1c2ccccc2C(=O)N(Cc2ccc(C(=O)N(CCc3ccc(Cl)cc3Cl)CC(N)=O)cc2)C1c1ccc(Br)cc1. The standard InChI is InChI=1S/C41H43BrCl2N4O5/c1-2-3-22-53-23-6-20-46-39(50)37-33-7-4-5-8-34(33)41(52)48(38(37)29-13-16-31(42)17-14-29)25-27-9-11-30(12-10-27)40(51)47(26-36(45)49)21-19-28-15-18-32(43)24-35(28)44/h4-5,7-18,24,37-38H,2-3,6,19-23,25-26H2,1H3,(H2,45,49)(H,46,50). The van der Waals surface area contributed by atoms with Crippen molar-refractivity contribution in [1.82, 2.24) is 15.1 Å². The second-order valence-corrected chi connectivity index (χ2v) is 14.7. The van der Waals surface area contributed by atoms with Gasteiger partial charge in [0.05, 0.1) is 18.5 Å². The third-order valence-electron chi connectivity index (χ3n) is 9.19. The third kappa shape index (κ3) is 10.5. The van der Waals surface area contributed by atoms with Crippen molar-refractivity contribution in [2.45, 2.75) is 51.1 Å². The summed E-state index contributed by atoms with van der Waals surface area (Å²) in [6.07, 6.45) is 3.12. The van der Waals surface area contributed by atoms with Gasteiger partial charge >= 0.3 is 0 Å². The van der Waals surface area contributed by atoms with Gasteiger partial charge in [0.15, 0.2) is 0 Å². The van der Waals surface area contributed by atoms with Crippen molar-refractivity contribution in [3.8, 4) is 0 Å². The third-order valence-corrected chi connectivity index (χ3v) is 10.3. The normalized spacial score (nSPS) is 15.2. The molecular weight excluding hydrogens is 779 g/mol. The van der Waals surface area contributed by atoms with E-state index < -0.39 is 17.9 Å². The van der Waals surface area contributed by atoms with Crippen LogP contribution in [0.2, 0.25) is 10.0 Å². The van der Waals surface area contributed by atoms with Gasteiger partial charge in [-0.15, -0.1) is 0 Å². The predicted octanol–water partition coefficient (Wildman–Crippen LogP) is 7.73. The van der Waals surface area contributed by atoms with E-state index in [1.165, 1.54) is 4.90 Å². The van der Waals surface area contributed by atoms with Gasteiger partial charge in [-0.3, -0.25) is 19.2 Å². The lowest BCUT2D eigenvalue weighted by atomic mass is 9.79. The number of nitrogens with one attached hydrogen (secondary N) is 1. The Kier molecular flexibility index (Phi) is 14.5. The van der Waals surface area contributed by atoms with Gasteiger partial charge in [-0.2, -0.15) is 0 Å². The minimum absolute atomic E-state index is 0.174. The number of rotatable bonds is 17. The Balaban J connectivity index is 1.38. The second-order valence-electron chi connectivity index (χ2n) is 13.0. The van der Waals surface area contributed by atoms with Crippen LogP contribution in [-0.2, 0) is 27.3 Å². The van der Waals surface area contributed by atoms with E-state index in [4.69, 9.17) is 33.7 Å². The van der Waals surface area contributed by atoms with Crippen molar-refractivity contribution < 1.29 is 23.9 Å². The molecule has 1 heterocycles. The van der Waals surface area contributed by atoms with Crippen molar-refractivity contribution in [2.75, 3.05) is 32.8 Å². The first-order chi connectivity index (χ1) is 25.6. The molecule has 3 N–H and O–H groups in total. The molecule has 4 amide bonds. The highest BCUT2D eigenvalue weighted by atomic mass is 79.9. The summed E-state index contributed by atoms with van der Waals surface area (Å²) in [7, 11) is 0. The molecule has 278 valence electrons. The molecule has 0 spiro atoms. The molecule has 5 rings (SSSR count). The van der Waals surface area contributed by atoms with Gasteiger partial charge < -0.3 is 25.6 Å². The zero-order valence-electron chi connectivity index (χ0n) is 29.5. The van der Waals surface area contributed by atoms with E-state index in [1.807, 2.05) is 36.4 Å². The summed E-state index contributed by atoms with van der Waals surface area (Å²) >= 11 is 15.9. The number of primary amides is 1. The fourth-order valence-corrected chi connectivity index (χ4v) is 7.25. The molecule has 9 nitrogen and oxygen atoms in total. The summed E-state index contributed by atoms with van der Waals surface area (Å²) in [5, 5.41) is 4.08. The van der Waals surface area contributed by atoms with Crippen LogP contribution in [0.15, 0.2) is 95.5 Å². The number of hydrogen-bond donors (Lipinski definition) is 2. The van der Waals surface area contributed by atoms with E-state index >= 15 is 0 Å². The van der Waals surface area contributed by atoms with Gasteiger partial charge in [-0.05, 0) is 84.0 Å². The summed E-state index contributed by atoms with van der Waals surface area (Å²) in [6, 6.07) is 26.4. The predicted molar refractivity (Wildman–Crippen MR) is 211 cm³/mol. The number of benzene rings is 4. The second kappa shape index (κ2) is 19.2. The minimum atomic E-state index is -0.677. The molecule has 0 radical (unpaired) electrons. The van der Waals surface area contributed by atoms with Gasteiger partial charge in [0, 0.05) is 58.5 Å². The first kappa shape index (κ1) is 40.0. The molecule has 1 aliphatic heterocycles. The summed E-state index contributed by atoms with van der Waals surface area (Å²) in [4.78, 5) is 57.1. The zero-order valence-corrected chi connectivity index (χ0v) is 32.6. The van der Waals surface area contributed by atoms with Crippen molar-refractivity contribution in [3.05, 3.63) is 139 Å². The van der Waals surface area contributed by atoms with Gasteiger partial charge in [0.2, 0.25) is 11.8 Å². The van der Waals surface area contributed by atoms with Crippen molar-refractivity contribution >= 4 is 62.8 Å². The van der Waals surface area contributed by atoms with E-state index in [1.54, 1.807) is 59.5 Å². The molecule has 2 atom stereocenters. The maximum Gasteiger partial charge on any atom is 0.255 e. The Hall–Kier alpha value is -4.22. The van der Waals surface area contributed by atoms with Gasteiger partial charge in [0.1, 0.15) is 0 Å². The number of ether oxygens (including phenoxy) is 1. The van der Waals surface area contributed by atoms with Crippen LogP contribution in [-0.4, -0.2) is 66.3 Å². The van der Waals surface area contributed by atoms with Gasteiger partial charge in [-0.25, -0.2) is 0 Å². The Morgan fingerprint density at radius 1 is 0.943 bits per heavy atom. The Labute approximate surface area is 328 Å². The maximum atomic E-state index is 14.3.